The molecule has 0 saturated heterocycles. The molecule has 3 nitrogen and oxygen atoms in total. The third kappa shape index (κ3) is 2.98. The highest BCUT2D eigenvalue weighted by Crippen LogP contribution is 2.14. The van der Waals surface area contributed by atoms with Crippen LogP contribution in [-0.2, 0) is 13.2 Å². The molecule has 0 fully saturated rings. The zero-order chi connectivity index (χ0) is 11.4. The molecule has 16 heavy (non-hydrogen) atoms. The number of rotatable bonds is 4. The molecular weight excluding hydrogens is 315 g/mol. The summed E-state index contributed by atoms with van der Waals surface area (Å²) < 4.78 is 8.76. The van der Waals surface area contributed by atoms with Gasteiger partial charge in [0.2, 0.25) is 0 Å². The topological polar surface area (TPSA) is 27.1 Å². The quantitative estimate of drug-likeness (QED) is 0.807. The van der Waals surface area contributed by atoms with E-state index in [0.29, 0.717) is 6.61 Å². The van der Waals surface area contributed by atoms with Gasteiger partial charge in [-0.05, 0) is 53.8 Å². The molecule has 1 aromatic carbocycles. The van der Waals surface area contributed by atoms with Crippen molar-refractivity contribution in [2.75, 3.05) is 0 Å². The Bertz CT molecular complexity index is 450. The normalized spacial score (nSPS) is 10.4. The Labute approximate surface area is 109 Å². The van der Waals surface area contributed by atoms with E-state index in [1.807, 2.05) is 41.3 Å². The smallest absolute Gasteiger partial charge is 0.119 e. The van der Waals surface area contributed by atoms with Crippen molar-refractivity contribution in [2.45, 2.75) is 20.1 Å². The van der Waals surface area contributed by atoms with Crippen LogP contribution >= 0.6 is 22.6 Å². The SMILES string of the molecule is CCn1cc(COc2ccc(I)cc2)cn1. The molecule has 0 aliphatic heterocycles. The number of halogens is 1. The first-order valence-electron chi connectivity index (χ1n) is 5.17. The second-order valence-electron chi connectivity index (χ2n) is 3.45. The van der Waals surface area contributed by atoms with Crippen LogP contribution in [0.25, 0.3) is 0 Å². The summed E-state index contributed by atoms with van der Waals surface area (Å²) in [6.07, 6.45) is 3.85. The van der Waals surface area contributed by atoms with Gasteiger partial charge in [-0.3, -0.25) is 4.68 Å². The molecule has 0 aliphatic carbocycles. The van der Waals surface area contributed by atoms with Gasteiger partial charge in [-0.1, -0.05) is 0 Å². The average molecular weight is 328 g/mol. The van der Waals surface area contributed by atoms with Crippen LogP contribution in [0.5, 0.6) is 5.75 Å². The molecular formula is C12H13IN2O. The summed E-state index contributed by atoms with van der Waals surface area (Å²) >= 11 is 2.28. The maximum absolute atomic E-state index is 5.65. The van der Waals surface area contributed by atoms with E-state index in [2.05, 4.69) is 34.6 Å². The van der Waals surface area contributed by atoms with Crippen molar-refractivity contribution < 1.29 is 4.74 Å². The Morgan fingerprint density at radius 3 is 2.69 bits per heavy atom. The zero-order valence-corrected chi connectivity index (χ0v) is 11.2. The first-order chi connectivity index (χ1) is 7.78. The van der Waals surface area contributed by atoms with Crippen LogP contribution in [0.15, 0.2) is 36.7 Å². The zero-order valence-electron chi connectivity index (χ0n) is 9.06. The van der Waals surface area contributed by atoms with E-state index in [4.69, 9.17) is 4.74 Å². The molecule has 1 heterocycles. The monoisotopic (exact) mass is 328 g/mol. The van der Waals surface area contributed by atoms with E-state index >= 15 is 0 Å². The lowest BCUT2D eigenvalue weighted by atomic mass is 10.3. The van der Waals surface area contributed by atoms with E-state index in [1.54, 1.807) is 0 Å². The molecule has 0 saturated carbocycles. The molecule has 2 aromatic rings. The Hall–Kier alpha value is -1.04. The number of nitrogens with zero attached hydrogens (tertiary/aromatic N) is 2. The molecule has 4 heteroatoms. The van der Waals surface area contributed by atoms with Gasteiger partial charge < -0.3 is 4.74 Å². The van der Waals surface area contributed by atoms with Crippen molar-refractivity contribution in [1.82, 2.24) is 9.78 Å². The summed E-state index contributed by atoms with van der Waals surface area (Å²) in [5, 5.41) is 4.20. The van der Waals surface area contributed by atoms with Crippen LogP contribution in [0.3, 0.4) is 0 Å². The van der Waals surface area contributed by atoms with Crippen LogP contribution in [0.1, 0.15) is 12.5 Å². The van der Waals surface area contributed by atoms with Gasteiger partial charge >= 0.3 is 0 Å². The van der Waals surface area contributed by atoms with Gasteiger partial charge in [-0.2, -0.15) is 5.10 Å². The summed E-state index contributed by atoms with van der Waals surface area (Å²) in [4.78, 5) is 0. The van der Waals surface area contributed by atoms with Crippen LogP contribution < -0.4 is 4.74 Å². The summed E-state index contributed by atoms with van der Waals surface area (Å²) in [6.45, 7) is 3.53. The number of ether oxygens (including phenoxy) is 1. The van der Waals surface area contributed by atoms with Gasteiger partial charge in [0.1, 0.15) is 12.4 Å². The van der Waals surface area contributed by atoms with Crippen molar-refractivity contribution in [3.05, 3.63) is 45.8 Å². The van der Waals surface area contributed by atoms with Crippen molar-refractivity contribution >= 4 is 22.6 Å². The molecule has 0 radical (unpaired) electrons. The van der Waals surface area contributed by atoms with E-state index in [9.17, 15) is 0 Å². The van der Waals surface area contributed by atoms with Gasteiger partial charge in [0, 0.05) is 21.9 Å². The van der Waals surface area contributed by atoms with E-state index < -0.39 is 0 Å². The molecule has 0 atom stereocenters. The second kappa shape index (κ2) is 5.34. The summed E-state index contributed by atoms with van der Waals surface area (Å²) in [5.74, 6) is 0.893. The van der Waals surface area contributed by atoms with Gasteiger partial charge in [0.15, 0.2) is 0 Å². The Morgan fingerprint density at radius 2 is 2.06 bits per heavy atom. The summed E-state index contributed by atoms with van der Waals surface area (Å²) in [6, 6.07) is 8.02. The van der Waals surface area contributed by atoms with Crippen molar-refractivity contribution in [3.63, 3.8) is 0 Å². The van der Waals surface area contributed by atoms with Gasteiger partial charge in [-0.15, -0.1) is 0 Å². The minimum Gasteiger partial charge on any atom is -0.489 e. The highest BCUT2D eigenvalue weighted by atomic mass is 127. The fourth-order valence-electron chi connectivity index (χ4n) is 1.35. The highest BCUT2D eigenvalue weighted by Gasteiger charge is 1.99. The minimum atomic E-state index is 0.570. The maximum Gasteiger partial charge on any atom is 0.119 e. The Kier molecular flexibility index (Phi) is 3.82. The lowest BCUT2D eigenvalue weighted by molar-refractivity contribution is 0.306. The van der Waals surface area contributed by atoms with Gasteiger partial charge in [0.25, 0.3) is 0 Å². The van der Waals surface area contributed by atoms with Crippen molar-refractivity contribution in [2.24, 2.45) is 0 Å². The lowest BCUT2D eigenvalue weighted by Crippen LogP contribution is -1.95. The van der Waals surface area contributed by atoms with E-state index in [0.717, 1.165) is 17.9 Å². The predicted octanol–water partition coefficient (Wildman–Crippen LogP) is 3.09. The number of aryl methyl sites for hydroxylation is 1. The number of aromatic nitrogens is 2. The van der Waals surface area contributed by atoms with E-state index in [1.165, 1.54) is 3.57 Å². The molecule has 2 rings (SSSR count). The molecule has 0 amide bonds. The average Bonchev–Trinajstić information content (AvgIpc) is 2.76. The Morgan fingerprint density at radius 1 is 1.31 bits per heavy atom. The first kappa shape index (κ1) is 11.4. The van der Waals surface area contributed by atoms with Crippen molar-refractivity contribution in [3.8, 4) is 5.75 Å². The first-order valence-corrected chi connectivity index (χ1v) is 6.25. The molecule has 0 N–H and O–H groups in total. The summed E-state index contributed by atoms with van der Waals surface area (Å²) in [5.41, 5.74) is 1.10. The lowest BCUT2D eigenvalue weighted by Gasteiger charge is -2.03. The van der Waals surface area contributed by atoms with Crippen LogP contribution in [-0.4, -0.2) is 9.78 Å². The molecule has 84 valence electrons. The molecule has 0 bridgehead atoms. The van der Waals surface area contributed by atoms with E-state index in [-0.39, 0.29) is 0 Å². The third-order valence-electron chi connectivity index (χ3n) is 2.23. The van der Waals surface area contributed by atoms with Crippen molar-refractivity contribution in [1.29, 1.82) is 0 Å². The molecule has 0 aliphatic rings. The van der Waals surface area contributed by atoms with Crippen LogP contribution in [0.4, 0.5) is 0 Å². The largest absolute Gasteiger partial charge is 0.489 e. The fraction of sp³-hybridized carbons (Fsp3) is 0.250. The van der Waals surface area contributed by atoms with Gasteiger partial charge in [-0.25, -0.2) is 0 Å². The number of hydrogen-bond acceptors (Lipinski definition) is 2. The maximum atomic E-state index is 5.65. The number of benzene rings is 1. The van der Waals surface area contributed by atoms with Crippen LogP contribution in [0.2, 0.25) is 0 Å². The molecule has 1 aromatic heterocycles. The third-order valence-corrected chi connectivity index (χ3v) is 2.95. The summed E-state index contributed by atoms with van der Waals surface area (Å²) in [7, 11) is 0. The molecule has 0 spiro atoms. The van der Waals surface area contributed by atoms with Crippen LogP contribution in [0, 0.1) is 3.57 Å². The highest BCUT2D eigenvalue weighted by molar-refractivity contribution is 14.1. The van der Waals surface area contributed by atoms with Gasteiger partial charge in [0.05, 0.1) is 6.20 Å². The molecule has 0 unspecified atom stereocenters. The number of hydrogen-bond donors (Lipinski definition) is 0. The predicted molar refractivity (Wildman–Crippen MR) is 71.4 cm³/mol. The fourth-order valence-corrected chi connectivity index (χ4v) is 1.71. The standard InChI is InChI=1S/C12H13IN2O/c1-2-15-8-10(7-14-15)9-16-12-5-3-11(13)4-6-12/h3-8H,2,9H2,1H3. The Balaban J connectivity index is 1.94. The second-order valence-corrected chi connectivity index (χ2v) is 4.69. The minimum absolute atomic E-state index is 0.570.